The van der Waals surface area contributed by atoms with Crippen LogP contribution in [0.25, 0.3) is 0 Å². The molecule has 0 aliphatic carbocycles. The highest BCUT2D eigenvalue weighted by Crippen LogP contribution is 2.31. The third kappa shape index (κ3) is 5.21. The first kappa shape index (κ1) is 19.2. The number of para-hydroxylation sites is 1. The molecule has 1 aliphatic heterocycles. The average molecular weight is 387 g/mol. The molecule has 0 saturated heterocycles. The zero-order valence-electron chi connectivity index (χ0n) is 16.3. The Morgan fingerprint density at radius 3 is 2.72 bits per heavy atom. The largest absolute Gasteiger partial charge is 0.484 e. The fraction of sp³-hybridized carbons (Fsp3) is 0.250. The maximum Gasteiger partial charge on any atom is 0.221 e. The summed E-state index contributed by atoms with van der Waals surface area (Å²) in [5.74, 6) is 0.966. The summed E-state index contributed by atoms with van der Waals surface area (Å²) in [6.45, 7) is 2.70. The van der Waals surface area contributed by atoms with Crippen molar-refractivity contribution in [3.63, 3.8) is 0 Å². The summed E-state index contributed by atoms with van der Waals surface area (Å²) in [7, 11) is 0. The summed E-state index contributed by atoms with van der Waals surface area (Å²) in [6.07, 6.45) is 3.89. The third-order valence-electron chi connectivity index (χ3n) is 5.10. The lowest BCUT2D eigenvalue weighted by Gasteiger charge is -2.24. The fourth-order valence-corrected chi connectivity index (χ4v) is 3.54. The van der Waals surface area contributed by atoms with Gasteiger partial charge < -0.3 is 10.1 Å². The number of pyridine rings is 1. The number of fused-ring (bicyclic) bond motifs is 1. The lowest BCUT2D eigenvalue weighted by Crippen LogP contribution is -2.33. The molecule has 4 rings (SSSR count). The van der Waals surface area contributed by atoms with Crippen LogP contribution in [-0.4, -0.2) is 28.9 Å². The molecule has 1 unspecified atom stereocenters. The van der Waals surface area contributed by atoms with Crippen molar-refractivity contribution in [3.05, 3.63) is 95.8 Å². The number of carbonyl (C=O) groups is 1. The Hall–Kier alpha value is -3.18. The lowest BCUT2D eigenvalue weighted by atomic mass is 10.1. The predicted molar refractivity (Wildman–Crippen MR) is 112 cm³/mol. The SMILES string of the molecule is O=C(CCN1Cc2ccccc2OC(c2ccccc2)C1)NCc1cccnc1. The van der Waals surface area contributed by atoms with Crippen LogP contribution in [0, 0.1) is 0 Å². The van der Waals surface area contributed by atoms with Gasteiger partial charge in [0.05, 0.1) is 0 Å². The van der Waals surface area contributed by atoms with Gasteiger partial charge in [0, 0.05) is 50.6 Å². The molecule has 0 fully saturated rings. The van der Waals surface area contributed by atoms with Crippen molar-refractivity contribution in [2.24, 2.45) is 0 Å². The molecule has 148 valence electrons. The van der Waals surface area contributed by atoms with Crippen LogP contribution in [0.1, 0.15) is 29.2 Å². The molecule has 1 aromatic heterocycles. The molecule has 3 aromatic rings. The van der Waals surface area contributed by atoms with Gasteiger partial charge in [-0.1, -0.05) is 54.6 Å². The molecule has 0 spiro atoms. The van der Waals surface area contributed by atoms with E-state index >= 15 is 0 Å². The molecule has 1 amide bonds. The first-order valence-corrected chi connectivity index (χ1v) is 9.95. The first-order valence-electron chi connectivity index (χ1n) is 9.95. The highest BCUT2D eigenvalue weighted by Gasteiger charge is 2.24. The number of nitrogens with zero attached hydrogens (tertiary/aromatic N) is 2. The van der Waals surface area contributed by atoms with Crippen molar-refractivity contribution in [1.29, 1.82) is 0 Å². The van der Waals surface area contributed by atoms with Gasteiger partial charge in [0.25, 0.3) is 0 Å². The normalized spacial score (nSPS) is 16.3. The van der Waals surface area contributed by atoms with Crippen molar-refractivity contribution >= 4 is 5.91 Å². The van der Waals surface area contributed by atoms with Crippen molar-refractivity contribution in [1.82, 2.24) is 15.2 Å². The lowest BCUT2D eigenvalue weighted by molar-refractivity contribution is -0.121. The van der Waals surface area contributed by atoms with Gasteiger partial charge in [-0.15, -0.1) is 0 Å². The average Bonchev–Trinajstić information content (AvgIpc) is 2.97. The molecule has 1 aliphatic rings. The Morgan fingerprint density at radius 2 is 1.90 bits per heavy atom. The van der Waals surface area contributed by atoms with E-state index in [2.05, 4.69) is 33.4 Å². The molecule has 0 saturated carbocycles. The second-order valence-corrected chi connectivity index (χ2v) is 7.25. The van der Waals surface area contributed by atoms with Gasteiger partial charge in [0.15, 0.2) is 0 Å². The summed E-state index contributed by atoms with van der Waals surface area (Å²) < 4.78 is 6.34. The summed E-state index contributed by atoms with van der Waals surface area (Å²) in [6, 6.07) is 22.3. The Kier molecular flexibility index (Phi) is 6.17. The first-order chi connectivity index (χ1) is 14.3. The minimum absolute atomic E-state index is 0.0450. The van der Waals surface area contributed by atoms with E-state index in [0.29, 0.717) is 19.5 Å². The zero-order valence-corrected chi connectivity index (χ0v) is 16.3. The predicted octanol–water partition coefficient (Wildman–Crippen LogP) is 3.72. The van der Waals surface area contributed by atoms with Gasteiger partial charge in [-0.25, -0.2) is 0 Å². The third-order valence-corrected chi connectivity index (χ3v) is 5.10. The van der Waals surface area contributed by atoms with Crippen LogP contribution in [0.4, 0.5) is 0 Å². The van der Waals surface area contributed by atoms with Gasteiger partial charge in [0.2, 0.25) is 5.91 Å². The monoisotopic (exact) mass is 387 g/mol. The Labute approximate surface area is 171 Å². The number of rotatable bonds is 6. The van der Waals surface area contributed by atoms with E-state index < -0.39 is 0 Å². The van der Waals surface area contributed by atoms with E-state index in [1.165, 1.54) is 0 Å². The fourth-order valence-electron chi connectivity index (χ4n) is 3.54. The molecule has 1 atom stereocenters. The molecule has 2 aromatic carbocycles. The number of benzene rings is 2. The molecule has 29 heavy (non-hydrogen) atoms. The van der Waals surface area contributed by atoms with E-state index in [1.54, 1.807) is 12.4 Å². The maximum absolute atomic E-state index is 12.4. The molecular weight excluding hydrogens is 362 g/mol. The van der Waals surface area contributed by atoms with Crippen LogP contribution in [0.5, 0.6) is 5.75 Å². The van der Waals surface area contributed by atoms with Gasteiger partial charge in [0.1, 0.15) is 11.9 Å². The maximum atomic E-state index is 12.4. The van der Waals surface area contributed by atoms with Gasteiger partial charge >= 0.3 is 0 Å². The standard InChI is InChI=1S/C24H25N3O2/c28-24(26-16-19-7-6-13-25-15-19)12-14-27-17-21-10-4-5-11-22(21)29-23(18-27)20-8-2-1-3-9-20/h1-11,13,15,23H,12,14,16-18H2,(H,26,28). The van der Waals surface area contributed by atoms with Crippen molar-refractivity contribution in [3.8, 4) is 5.75 Å². The second kappa shape index (κ2) is 9.34. The van der Waals surface area contributed by atoms with Crippen LogP contribution >= 0.6 is 0 Å². The van der Waals surface area contributed by atoms with Crippen LogP contribution in [0.2, 0.25) is 0 Å². The highest BCUT2D eigenvalue weighted by atomic mass is 16.5. The van der Waals surface area contributed by atoms with Gasteiger partial charge in [-0.3, -0.25) is 14.7 Å². The summed E-state index contributed by atoms with van der Waals surface area (Å²) in [4.78, 5) is 18.7. The van der Waals surface area contributed by atoms with E-state index in [0.717, 1.165) is 35.5 Å². The summed E-state index contributed by atoms with van der Waals surface area (Å²) >= 11 is 0. The smallest absolute Gasteiger partial charge is 0.221 e. The minimum atomic E-state index is -0.0571. The summed E-state index contributed by atoms with van der Waals surface area (Å²) in [5.41, 5.74) is 3.30. The van der Waals surface area contributed by atoms with Crippen LogP contribution in [0.15, 0.2) is 79.1 Å². The quantitative estimate of drug-likeness (QED) is 0.700. The Bertz CT molecular complexity index is 931. The van der Waals surface area contributed by atoms with Crippen molar-refractivity contribution in [2.75, 3.05) is 13.1 Å². The van der Waals surface area contributed by atoms with E-state index in [4.69, 9.17) is 4.74 Å². The number of amides is 1. The molecule has 0 radical (unpaired) electrons. The minimum Gasteiger partial charge on any atom is -0.484 e. The number of hydrogen-bond acceptors (Lipinski definition) is 4. The van der Waals surface area contributed by atoms with Crippen molar-refractivity contribution in [2.45, 2.75) is 25.6 Å². The van der Waals surface area contributed by atoms with E-state index in [1.807, 2.05) is 48.5 Å². The molecule has 5 nitrogen and oxygen atoms in total. The second-order valence-electron chi connectivity index (χ2n) is 7.25. The zero-order chi connectivity index (χ0) is 19.9. The Morgan fingerprint density at radius 1 is 1.07 bits per heavy atom. The van der Waals surface area contributed by atoms with Crippen molar-refractivity contribution < 1.29 is 9.53 Å². The number of aromatic nitrogens is 1. The van der Waals surface area contributed by atoms with Crippen LogP contribution in [0.3, 0.4) is 0 Å². The van der Waals surface area contributed by atoms with Gasteiger partial charge in [-0.2, -0.15) is 0 Å². The highest BCUT2D eigenvalue weighted by molar-refractivity contribution is 5.76. The summed E-state index contributed by atoms with van der Waals surface area (Å²) in [5, 5.41) is 2.98. The van der Waals surface area contributed by atoms with Crippen LogP contribution < -0.4 is 10.1 Å². The number of hydrogen-bond donors (Lipinski definition) is 1. The van der Waals surface area contributed by atoms with Crippen LogP contribution in [-0.2, 0) is 17.9 Å². The topological polar surface area (TPSA) is 54.5 Å². The molecule has 2 heterocycles. The number of nitrogens with one attached hydrogen (secondary N) is 1. The number of carbonyl (C=O) groups excluding carboxylic acids is 1. The Balaban J connectivity index is 1.40. The molecule has 0 bridgehead atoms. The van der Waals surface area contributed by atoms with Gasteiger partial charge in [-0.05, 0) is 23.3 Å². The van der Waals surface area contributed by atoms with E-state index in [-0.39, 0.29) is 12.0 Å². The molecule has 1 N–H and O–H groups in total. The number of ether oxygens (including phenoxy) is 1. The van der Waals surface area contributed by atoms with E-state index in [9.17, 15) is 4.79 Å². The molecular formula is C24H25N3O2. The molecule has 5 heteroatoms.